The zero-order valence-electron chi connectivity index (χ0n) is 16.1. The molecule has 4 nitrogen and oxygen atoms in total. The molecule has 0 aromatic heterocycles. The quantitative estimate of drug-likeness (QED) is 0.393. The van der Waals surface area contributed by atoms with Gasteiger partial charge in [0, 0.05) is 26.2 Å². The standard InChI is InChI=1S/C20H31Cl2NO3/c1-4-5-6-11-23-12-9-16(20(15-23,24-2)25-3)10-13-26-17-7-8-18(21)19(22)14-17/h7-8,14,16H,4-6,9-13,15H2,1-3H3. The van der Waals surface area contributed by atoms with Crippen molar-refractivity contribution in [1.82, 2.24) is 4.90 Å². The summed E-state index contributed by atoms with van der Waals surface area (Å²) in [5.41, 5.74) is 0. The number of methoxy groups -OCH3 is 2. The Balaban J connectivity index is 1.89. The Morgan fingerprint density at radius 2 is 1.92 bits per heavy atom. The summed E-state index contributed by atoms with van der Waals surface area (Å²) < 4.78 is 17.6. The topological polar surface area (TPSA) is 30.9 Å². The number of rotatable bonds is 10. The van der Waals surface area contributed by atoms with Crippen molar-refractivity contribution in [3.8, 4) is 5.75 Å². The fourth-order valence-corrected chi connectivity index (χ4v) is 3.94. The molecule has 6 heteroatoms. The second-order valence-electron chi connectivity index (χ2n) is 6.90. The van der Waals surface area contributed by atoms with Gasteiger partial charge in [-0.2, -0.15) is 0 Å². The van der Waals surface area contributed by atoms with Crippen molar-refractivity contribution in [3.63, 3.8) is 0 Å². The van der Waals surface area contributed by atoms with Crippen LogP contribution in [-0.4, -0.2) is 51.1 Å². The summed E-state index contributed by atoms with van der Waals surface area (Å²) in [7, 11) is 3.48. The molecule has 1 unspecified atom stereocenters. The average molecular weight is 404 g/mol. The molecule has 0 amide bonds. The Bertz CT molecular complexity index is 552. The number of ether oxygens (including phenoxy) is 3. The molecule has 1 atom stereocenters. The summed E-state index contributed by atoms with van der Waals surface area (Å²) in [5, 5.41) is 1.04. The molecule has 0 N–H and O–H groups in total. The lowest BCUT2D eigenvalue weighted by molar-refractivity contribution is -0.264. The van der Waals surface area contributed by atoms with Gasteiger partial charge >= 0.3 is 0 Å². The van der Waals surface area contributed by atoms with Gasteiger partial charge in [0.15, 0.2) is 5.79 Å². The summed E-state index contributed by atoms with van der Waals surface area (Å²) in [6, 6.07) is 5.34. The van der Waals surface area contributed by atoms with Gasteiger partial charge in [-0.15, -0.1) is 0 Å². The maximum atomic E-state index is 6.04. The molecule has 1 aromatic rings. The molecule has 0 spiro atoms. The first kappa shape index (κ1) is 21.8. The maximum absolute atomic E-state index is 6.04. The third-order valence-corrected chi connectivity index (χ3v) is 5.99. The first-order valence-corrected chi connectivity index (χ1v) is 10.2. The summed E-state index contributed by atoms with van der Waals surface area (Å²) in [6.45, 7) is 5.81. The number of halogens is 2. The normalized spacial score (nSPS) is 20.3. The van der Waals surface area contributed by atoms with Crippen LogP contribution in [0.4, 0.5) is 0 Å². The highest BCUT2D eigenvalue weighted by molar-refractivity contribution is 6.42. The minimum atomic E-state index is -0.564. The summed E-state index contributed by atoms with van der Waals surface area (Å²) in [5.74, 6) is 0.463. The van der Waals surface area contributed by atoms with E-state index >= 15 is 0 Å². The van der Waals surface area contributed by atoms with Crippen LogP contribution in [0, 0.1) is 5.92 Å². The highest BCUT2D eigenvalue weighted by atomic mass is 35.5. The van der Waals surface area contributed by atoms with E-state index in [9.17, 15) is 0 Å². The van der Waals surface area contributed by atoms with E-state index in [2.05, 4.69) is 11.8 Å². The monoisotopic (exact) mass is 403 g/mol. The van der Waals surface area contributed by atoms with Crippen molar-refractivity contribution < 1.29 is 14.2 Å². The number of nitrogens with zero attached hydrogens (tertiary/aromatic N) is 1. The van der Waals surface area contributed by atoms with Crippen molar-refractivity contribution in [2.75, 3.05) is 40.5 Å². The zero-order chi connectivity index (χ0) is 19.0. The molecule has 1 aromatic carbocycles. The number of hydrogen-bond acceptors (Lipinski definition) is 4. The fraction of sp³-hybridized carbons (Fsp3) is 0.700. The lowest BCUT2D eigenvalue weighted by Crippen LogP contribution is -2.56. The molecular weight excluding hydrogens is 373 g/mol. The Hall–Kier alpha value is -0.520. The summed E-state index contributed by atoms with van der Waals surface area (Å²) in [6.07, 6.45) is 5.64. The van der Waals surface area contributed by atoms with E-state index in [-0.39, 0.29) is 0 Å². The van der Waals surface area contributed by atoms with E-state index in [1.54, 1.807) is 26.4 Å². The van der Waals surface area contributed by atoms with Crippen LogP contribution in [0.15, 0.2) is 18.2 Å². The van der Waals surface area contributed by atoms with Crippen LogP contribution in [0.2, 0.25) is 10.0 Å². The van der Waals surface area contributed by atoms with E-state index in [4.69, 9.17) is 37.4 Å². The molecule has 2 rings (SSSR count). The van der Waals surface area contributed by atoms with Gasteiger partial charge < -0.3 is 14.2 Å². The molecule has 1 heterocycles. The number of benzene rings is 1. The van der Waals surface area contributed by atoms with E-state index < -0.39 is 5.79 Å². The van der Waals surface area contributed by atoms with E-state index in [1.807, 2.05) is 6.07 Å². The van der Waals surface area contributed by atoms with Crippen LogP contribution in [0.25, 0.3) is 0 Å². The molecule has 148 valence electrons. The molecular formula is C20H31Cl2NO3. The molecule has 26 heavy (non-hydrogen) atoms. The van der Waals surface area contributed by atoms with E-state index in [0.717, 1.165) is 38.2 Å². The Kier molecular flexibility index (Phi) is 8.98. The zero-order valence-corrected chi connectivity index (χ0v) is 17.6. The van der Waals surface area contributed by atoms with Gasteiger partial charge in [0.25, 0.3) is 0 Å². The first-order chi connectivity index (χ1) is 12.5. The van der Waals surface area contributed by atoms with Crippen LogP contribution in [0.5, 0.6) is 5.75 Å². The molecule has 0 radical (unpaired) electrons. The predicted molar refractivity (Wildman–Crippen MR) is 107 cm³/mol. The van der Waals surface area contributed by atoms with Crippen molar-refractivity contribution in [3.05, 3.63) is 28.2 Å². The van der Waals surface area contributed by atoms with Crippen LogP contribution >= 0.6 is 23.2 Å². The second-order valence-corrected chi connectivity index (χ2v) is 7.72. The van der Waals surface area contributed by atoms with E-state index in [0.29, 0.717) is 22.6 Å². The van der Waals surface area contributed by atoms with Gasteiger partial charge in [0.2, 0.25) is 0 Å². The van der Waals surface area contributed by atoms with Crippen LogP contribution in [0.3, 0.4) is 0 Å². The maximum Gasteiger partial charge on any atom is 0.183 e. The Labute approximate surface area is 167 Å². The summed E-state index contributed by atoms with van der Waals surface area (Å²) in [4.78, 5) is 2.46. The van der Waals surface area contributed by atoms with Gasteiger partial charge in [0.1, 0.15) is 5.75 Å². The third-order valence-electron chi connectivity index (χ3n) is 5.25. The second kappa shape index (κ2) is 10.7. The molecule has 1 saturated heterocycles. The minimum absolute atomic E-state index is 0.294. The van der Waals surface area contributed by atoms with Gasteiger partial charge in [-0.1, -0.05) is 43.0 Å². The average Bonchev–Trinajstić information content (AvgIpc) is 2.65. The lowest BCUT2D eigenvalue weighted by atomic mass is 9.87. The van der Waals surface area contributed by atoms with Gasteiger partial charge in [-0.05, 0) is 44.5 Å². The molecule has 1 aliphatic heterocycles. The smallest absolute Gasteiger partial charge is 0.183 e. The van der Waals surface area contributed by atoms with Crippen molar-refractivity contribution in [1.29, 1.82) is 0 Å². The molecule has 0 bridgehead atoms. The molecule has 1 fully saturated rings. The largest absolute Gasteiger partial charge is 0.494 e. The number of unbranched alkanes of at least 4 members (excludes halogenated alkanes) is 2. The highest BCUT2D eigenvalue weighted by Crippen LogP contribution is 2.34. The SMILES string of the molecule is CCCCCN1CCC(CCOc2ccc(Cl)c(Cl)c2)C(OC)(OC)C1. The van der Waals surface area contributed by atoms with Crippen LogP contribution in [0.1, 0.15) is 39.0 Å². The highest BCUT2D eigenvalue weighted by Gasteiger charge is 2.43. The number of piperidine rings is 1. The van der Waals surface area contributed by atoms with Gasteiger partial charge in [0.05, 0.1) is 23.2 Å². The van der Waals surface area contributed by atoms with Crippen LogP contribution < -0.4 is 4.74 Å². The van der Waals surface area contributed by atoms with Crippen molar-refractivity contribution in [2.24, 2.45) is 5.92 Å². The molecule has 1 aliphatic rings. The molecule has 0 aliphatic carbocycles. The van der Waals surface area contributed by atoms with Gasteiger partial charge in [-0.3, -0.25) is 4.90 Å². The van der Waals surface area contributed by atoms with E-state index in [1.165, 1.54) is 19.3 Å². The summed E-state index contributed by atoms with van der Waals surface area (Å²) >= 11 is 12.0. The third kappa shape index (κ3) is 5.74. The van der Waals surface area contributed by atoms with Crippen molar-refractivity contribution >= 4 is 23.2 Å². The minimum Gasteiger partial charge on any atom is -0.494 e. The lowest BCUT2D eigenvalue weighted by Gasteiger charge is -2.46. The number of likely N-dealkylation sites (tertiary alicyclic amines) is 1. The first-order valence-electron chi connectivity index (χ1n) is 9.45. The number of hydrogen-bond donors (Lipinski definition) is 0. The predicted octanol–water partition coefficient (Wildman–Crippen LogP) is 5.26. The Morgan fingerprint density at radius 3 is 2.58 bits per heavy atom. The van der Waals surface area contributed by atoms with Crippen LogP contribution in [-0.2, 0) is 9.47 Å². The van der Waals surface area contributed by atoms with Crippen molar-refractivity contribution in [2.45, 2.75) is 44.8 Å². The fourth-order valence-electron chi connectivity index (χ4n) is 3.65. The molecule has 0 saturated carbocycles. The van der Waals surface area contributed by atoms with Gasteiger partial charge in [-0.25, -0.2) is 0 Å². The Morgan fingerprint density at radius 1 is 1.15 bits per heavy atom.